The molecule has 0 amide bonds. The maximum atomic E-state index is 5.61. The Labute approximate surface area is 87.4 Å². The van der Waals surface area contributed by atoms with Crippen molar-refractivity contribution in [3.8, 4) is 0 Å². The Balaban J connectivity index is 1.72. The summed E-state index contributed by atoms with van der Waals surface area (Å²) in [6.07, 6.45) is 5.79. The van der Waals surface area contributed by atoms with E-state index in [1.807, 2.05) is 0 Å². The van der Waals surface area contributed by atoms with E-state index in [-0.39, 0.29) is 0 Å². The summed E-state index contributed by atoms with van der Waals surface area (Å²) < 4.78 is 5.61. The molecule has 2 aliphatic rings. The van der Waals surface area contributed by atoms with E-state index in [2.05, 4.69) is 19.2 Å². The monoisotopic (exact) mass is 197 g/mol. The van der Waals surface area contributed by atoms with Gasteiger partial charge < -0.3 is 10.1 Å². The predicted molar refractivity (Wildman–Crippen MR) is 58.3 cm³/mol. The molecule has 1 heterocycles. The van der Waals surface area contributed by atoms with Crippen molar-refractivity contribution in [1.29, 1.82) is 0 Å². The van der Waals surface area contributed by atoms with Crippen LogP contribution in [0.15, 0.2) is 0 Å². The zero-order valence-electron chi connectivity index (χ0n) is 9.51. The van der Waals surface area contributed by atoms with Gasteiger partial charge in [-0.1, -0.05) is 6.92 Å². The Bertz CT molecular complexity index is 195. The third-order valence-electron chi connectivity index (χ3n) is 3.87. The third kappa shape index (κ3) is 2.12. The van der Waals surface area contributed by atoms with Gasteiger partial charge in [0.1, 0.15) is 0 Å². The zero-order valence-corrected chi connectivity index (χ0v) is 9.51. The molecule has 1 spiro atoms. The van der Waals surface area contributed by atoms with Crippen LogP contribution >= 0.6 is 0 Å². The predicted octanol–water partition coefficient (Wildman–Crippen LogP) is 2.19. The van der Waals surface area contributed by atoms with Crippen LogP contribution in [0.3, 0.4) is 0 Å². The maximum absolute atomic E-state index is 5.61. The minimum Gasteiger partial charge on any atom is -0.378 e. The van der Waals surface area contributed by atoms with Gasteiger partial charge in [0.15, 0.2) is 0 Å². The standard InChI is InChI=1S/C12H23NO/c1-3-5-13-9-11-8-12(11)4-6-14-10(2)7-12/h10-11,13H,3-9H2,1-2H3. The van der Waals surface area contributed by atoms with E-state index in [9.17, 15) is 0 Å². The average molecular weight is 197 g/mol. The van der Waals surface area contributed by atoms with Gasteiger partial charge in [-0.05, 0) is 57.0 Å². The lowest BCUT2D eigenvalue weighted by Gasteiger charge is -2.28. The maximum Gasteiger partial charge on any atom is 0.0552 e. The van der Waals surface area contributed by atoms with Crippen molar-refractivity contribution in [2.45, 2.75) is 45.6 Å². The van der Waals surface area contributed by atoms with Crippen molar-refractivity contribution in [3.05, 3.63) is 0 Å². The van der Waals surface area contributed by atoms with Gasteiger partial charge in [0.25, 0.3) is 0 Å². The van der Waals surface area contributed by atoms with Gasteiger partial charge in [0.2, 0.25) is 0 Å². The molecule has 0 bridgehead atoms. The molecular weight excluding hydrogens is 174 g/mol. The number of nitrogens with one attached hydrogen (secondary N) is 1. The van der Waals surface area contributed by atoms with E-state index in [1.54, 1.807) is 0 Å². The smallest absolute Gasteiger partial charge is 0.0552 e. The molecule has 82 valence electrons. The summed E-state index contributed by atoms with van der Waals surface area (Å²) in [6, 6.07) is 0. The van der Waals surface area contributed by atoms with Crippen LogP contribution in [-0.4, -0.2) is 25.8 Å². The fraction of sp³-hybridized carbons (Fsp3) is 1.00. The summed E-state index contributed by atoms with van der Waals surface area (Å²) in [5.74, 6) is 0.945. The average Bonchev–Trinajstić information content (AvgIpc) is 2.78. The first-order valence-corrected chi connectivity index (χ1v) is 6.09. The van der Waals surface area contributed by atoms with Crippen molar-refractivity contribution in [2.24, 2.45) is 11.3 Å². The van der Waals surface area contributed by atoms with Gasteiger partial charge in [-0.2, -0.15) is 0 Å². The Morgan fingerprint density at radius 2 is 2.29 bits per heavy atom. The summed E-state index contributed by atoms with van der Waals surface area (Å²) in [4.78, 5) is 0. The first-order valence-electron chi connectivity index (χ1n) is 6.09. The first kappa shape index (κ1) is 10.4. The minimum atomic E-state index is 0.500. The summed E-state index contributed by atoms with van der Waals surface area (Å²) in [5, 5.41) is 3.54. The van der Waals surface area contributed by atoms with Gasteiger partial charge in [-0.3, -0.25) is 0 Å². The molecule has 0 aromatic carbocycles. The van der Waals surface area contributed by atoms with Crippen LogP contribution in [0, 0.1) is 11.3 Å². The fourth-order valence-corrected chi connectivity index (χ4v) is 2.93. The summed E-state index contributed by atoms with van der Waals surface area (Å²) in [6.45, 7) is 7.85. The van der Waals surface area contributed by atoms with E-state index in [1.165, 1.54) is 38.8 Å². The van der Waals surface area contributed by atoms with Crippen LogP contribution in [0.4, 0.5) is 0 Å². The fourth-order valence-electron chi connectivity index (χ4n) is 2.93. The van der Waals surface area contributed by atoms with Gasteiger partial charge in [0.05, 0.1) is 6.10 Å². The Morgan fingerprint density at radius 1 is 1.43 bits per heavy atom. The highest BCUT2D eigenvalue weighted by atomic mass is 16.5. The van der Waals surface area contributed by atoms with Crippen molar-refractivity contribution < 1.29 is 4.74 Å². The Hall–Kier alpha value is -0.0800. The van der Waals surface area contributed by atoms with Gasteiger partial charge in [-0.25, -0.2) is 0 Å². The molecular formula is C12H23NO. The highest BCUT2D eigenvalue weighted by Crippen LogP contribution is 2.59. The lowest BCUT2D eigenvalue weighted by molar-refractivity contribution is -0.00939. The largest absolute Gasteiger partial charge is 0.378 e. The molecule has 0 radical (unpaired) electrons. The van der Waals surface area contributed by atoms with Crippen molar-refractivity contribution in [2.75, 3.05) is 19.7 Å². The van der Waals surface area contributed by atoms with E-state index >= 15 is 0 Å². The second kappa shape index (κ2) is 4.19. The highest BCUT2D eigenvalue weighted by Gasteiger charge is 2.54. The van der Waals surface area contributed by atoms with Crippen LogP contribution in [0.1, 0.15) is 39.5 Å². The molecule has 1 N–H and O–H groups in total. The third-order valence-corrected chi connectivity index (χ3v) is 3.87. The van der Waals surface area contributed by atoms with E-state index < -0.39 is 0 Å². The van der Waals surface area contributed by atoms with Crippen LogP contribution in [0.5, 0.6) is 0 Å². The SMILES string of the molecule is CCCNCC1CC12CCOC(C)C2. The Kier molecular flexibility index (Phi) is 3.13. The molecule has 1 saturated heterocycles. The van der Waals surface area contributed by atoms with E-state index in [4.69, 9.17) is 4.74 Å². The summed E-state index contributed by atoms with van der Waals surface area (Å²) >= 11 is 0. The lowest BCUT2D eigenvalue weighted by atomic mass is 9.90. The summed E-state index contributed by atoms with van der Waals surface area (Å²) in [7, 11) is 0. The molecule has 1 aliphatic heterocycles. The van der Waals surface area contributed by atoms with Crippen molar-refractivity contribution in [1.82, 2.24) is 5.32 Å². The molecule has 2 fully saturated rings. The molecule has 14 heavy (non-hydrogen) atoms. The molecule has 2 nitrogen and oxygen atoms in total. The van der Waals surface area contributed by atoms with E-state index in [0.717, 1.165) is 12.5 Å². The van der Waals surface area contributed by atoms with Gasteiger partial charge >= 0.3 is 0 Å². The molecule has 3 atom stereocenters. The van der Waals surface area contributed by atoms with Gasteiger partial charge in [0, 0.05) is 6.61 Å². The van der Waals surface area contributed by atoms with Gasteiger partial charge in [-0.15, -0.1) is 0 Å². The first-order chi connectivity index (χ1) is 6.77. The second-order valence-corrected chi connectivity index (χ2v) is 5.10. The molecule has 1 saturated carbocycles. The van der Waals surface area contributed by atoms with Crippen LogP contribution in [0.2, 0.25) is 0 Å². The minimum absolute atomic E-state index is 0.500. The van der Waals surface area contributed by atoms with Crippen molar-refractivity contribution >= 4 is 0 Å². The molecule has 0 aromatic rings. The number of ether oxygens (including phenoxy) is 1. The number of hydrogen-bond donors (Lipinski definition) is 1. The highest BCUT2D eigenvalue weighted by molar-refractivity contribution is 5.05. The normalized spacial score (nSPS) is 41.6. The van der Waals surface area contributed by atoms with Crippen LogP contribution < -0.4 is 5.32 Å². The molecule has 1 aliphatic carbocycles. The number of rotatable bonds is 4. The molecule has 2 rings (SSSR count). The topological polar surface area (TPSA) is 21.3 Å². The van der Waals surface area contributed by atoms with Crippen LogP contribution in [-0.2, 0) is 4.74 Å². The van der Waals surface area contributed by atoms with Crippen molar-refractivity contribution in [3.63, 3.8) is 0 Å². The quantitative estimate of drug-likeness (QED) is 0.698. The number of hydrogen-bond acceptors (Lipinski definition) is 2. The van der Waals surface area contributed by atoms with E-state index in [0.29, 0.717) is 11.5 Å². The Morgan fingerprint density at radius 3 is 3.00 bits per heavy atom. The molecule has 0 aromatic heterocycles. The van der Waals surface area contributed by atoms with Crippen LogP contribution in [0.25, 0.3) is 0 Å². The second-order valence-electron chi connectivity index (χ2n) is 5.10. The molecule has 3 unspecified atom stereocenters. The zero-order chi connectivity index (χ0) is 10.0. The lowest BCUT2D eigenvalue weighted by Crippen LogP contribution is -2.28. The molecule has 2 heteroatoms. The summed E-state index contributed by atoms with van der Waals surface area (Å²) in [5.41, 5.74) is 0.679.